The summed E-state index contributed by atoms with van der Waals surface area (Å²) < 4.78 is 111. The van der Waals surface area contributed by atoms with Gasteiger partial charge >= 0.3 is 18.7 Å². The van der Waals surface area contributed by atoms with Gasteiger partial charge in [0.1, 0.15) is 22.4 Å². The highest BCUT2D eigenvalue weighted by Gasteiger charge is 2.41. The molecule has 44 heavy (non-hydrogen) atoms. The number of carboxylic acid groups (broad SMARTS) is 1. The van der Waals surface area contributed by atoms with Crippen molar-refractivity contribution >= 4 is 38.4 Å². The van der Waals surface area contributed by atoms with E-state index in [0.29, 0.717) is 5.56 Å². The molecule has 2 N–H and O–H groups in total. The third-order valence-corrected chi connectivity index (χ3v) is 9.30. The maximum absolute atomic E-state index is 13.6. The second-order valence-corrected chi connectivity index (χ2v) is 12.1. The van der Waals surface area contributed by atoms with Gasteiger partial charge in [0.15, 0.2) is 5.13 Å². The number of halogens is 6. The summed E-state index contributed by atoms with van der Waals surface area (Å²) in [5.74, 6) is -3.17. The normalized spacial score (nSPS) is 16.4. The van der Waals surface area contributed by atoms with Crippen LogP contribution < -0.4 is 19.7 Å². The first-order valence-corrected chi connectivity index (χ1v) is 14.6. The predicted molar refractivity (Wildman–Crippen MR) is 142 cm³/mol. The minimum absolute atomic E-state index is 0.00897. The number of hydrogen-bond acceptors (Lipinski definition) is 9. The lowest BCUT2D eigenvalue weighted by atomic mass is 10.1. The largest absolute Gasteiger partial charge is 0.573 e. The first-order valence-electron chi connectivity index (χ1n) is 12.4. The highest BCUT2D eigenvalue weighted by atomic mass is 32.2. The Kier molecular flexibility index (Phi) is 9.31. The summed E-state index contributed by atoms with van der Waals surface area (Å²) in [5, 5.41) is 12.2. The van der Waals surface area contributed by atoms with Crippen molar-refractivity contribution in [2.75, 3.05) is 24.5 Å². The van der Waals surface area contributed by atoms with E-state index in [2.05, 4.69) is 19.8 Å². The minimum atomic E-state index is -5.00. The van der Waals surface area contributed by atoms with E-state index in [9.17, 15) is 49.5 Å². The summed E-state index contributed by atoms with van der Waals surface area (Å²) in [7, 11) is -4.47. The van der Waals surface area contributed by atoms with Crippen LogP contribution in [0.15, 0.2) is 53.4 Å². The summed E-state index contributed by atoms with van der Waals surface area (Å²) in [6.07, 6.45) is -9.90. The van der Waals surface area contributed by atoms with Crippen molar-refractivity contribution in [3.05, 3.63) is 64.7 Å². The fourth-order valence-electron chi connectivity index (χ4n) is 4.22. The topological polar surface area (TPSA) is 138 Å². The molecule has 2 heterocycles. The molecule has 0 spiro atoms. The molecule has 1 aromatic heterocycles. The average Bonchev–Trinajstić information content (AvgIpc) is 3.32. The molecule has 1 amide bonds. The Morgan fingerprint density at radius 2 is 1.52 bits per heavy atom. The maximum atomic E-state index is 13.6. The number of thiazole rings is 1. The van der Waals surface area contributed by atoms with Crippen LogP contribution >= 0.6 is 11.3 Å². The number of aryl methyl sites for hydroxylation is 1. The summed E-state index contributed by atoms with van der Waals surface area (Å²) in [6, 6.07) is 6.57. The van der Waals surface area contributed by atoms with Gasteiger partial charge in [0, 0.05) is 26.2 Å². The number of amides is 1. The van der Waals surface area contributed by atoms with E-state index in [-0.39, 0.29) is 41.9 Å². The molecular weight excluding hydrogens is 646 g/mol. The number of piperazine rings is 1. The molecule has 1 aliphatic rings. The lowest BCUT2D eigenvalue weighted by molar-refractivity contribution is -0.275. The van der Waals surface area contributed by atoms with Gasteiger partial charge in [-0.25, -0.2) is 18.2 Å². The van der Waals surface area contributed by atoms with Crippen LogP contribution in [0.3, 0.4) is 0 Å². The molecule has 0 saturated carbocycles. The van der Waals surface area contributed by atoms with E-state index in [1.54, 1.807) is 0 Å². The van der Waals surface area contributed by atoms with Crippen LogP contribution in [0.5, 0.6) is 11.5 Å². The molecule has 2 aromatic carbocycles. The van der Waals surface area contributed by atoms with Gasteiger partial charge in [-0.2, -0.15) is 4.31 Å². The molecule has 4 rings (SSSR count). The standard InChI is InChI=1S/C25H22F6N4O7S2/c1-14-20(22(37)38)43-23(33-14)34-10-11-35(44(39,40)18-8-6-17(7-9-18)42-25(29,30)31)19(13-34)21(36)32-12-15-2-4-16(5-3-15)41-24(26,27)28/h2-9,19H,10-13H2,1H3,(H,32,36)(H,37,38)/t19-/m1/s1. The second-order valence-electron chi connectivity index (χ2n) is 9.22. The Balaban J connectivity index is 1.57. The molecular formula is C25H22F6N4O7S2. The number of carbonyl (C=O) groups is 2. The van der Waals surface area contributed by atoms with Crippen LogP contribution in [0.25, 0.3) is 0 Å². The number of aromatic nitrogens is 1. The third-order valence-electron chi connectivity index (χ3n) is 6.17. The summed E-state index contributed by atoms with van der Waals surface area (Å²) in [5.41, 5.74) is 0.574. The molecule has 238 valence electrons. The summed E-state index contributed by atoms with van der Waals surface area (Å²) >= 11 is 0.832. The number of rotatable bonds is 9. The van der Waals surface area contributed by atoms with Gasteiger partial charge in [-0.05, 0) is 48.9 Å². The molecule has 11 nitrogen and oxygen atoms in total. The number of nitrogens with zero attached hydrogens (tertiary/aromatic N) is 3. The molecule has 1 fully saturated rings. The van der Waals surface area contributed by atoms with Crippen molar-refractivity contribution in [3.8, 4) is 11.5 Å². The van der Waals surface area contributed by atoms with Crippen LogP contribution in [-0.4, -0.2) is 73.1 Å². The SMILES string of the molecule is Cc1nc(N2CCN(S(=O)(=O)c3ccc(OC(F)(F)F)cc3)[C@@H](C(=O)NCc3ccc(OC(F)(F)F)cc3)C2)sc1C(=O)O. The molecule has 1 saturated heterocycles. The van der Waals surface area contributed by atoms with Gasteiger partial charge in [0.2, 0.25) is 15.9 Å². The molecule has 3 aromatic rings. The van der Waals surface area contributed by atoms with Gasteiger partial charge in [0.05, 0.1) is 10.6 Å². The monoisotopic (exact) mass is 668 g/mol. The molecule has 0 radical (unpaired) electrons. The maximum Gasteiger partial charge on any atom is 0.573 e. The van der Waals surface area contributed by atoms with E-state index < -0.39 is 57.1 Å². The molecule has 0 aliphatic carbocycles. The molecule has 0 bridgehead atoms. The Morgan fingerprint density at radius 3 is 2.02 bits per heavy atom. The zero-order chi connectivity index (χ0) is 32.4. The number of benzene rings is 2. The van der Waals surface area contributed by atoms with Crippen molar-refractivity contribution in [3.63, 3.8) is 0 Å². The van der Waals surface area contributed by atoms with Crippen molar-refractivity contribution in [1.29, 1.82) is 0 Å². The number of carboxylic acids is 1. The first kappa shape index (κ1) is 32.8. The van der Waals surface area contributed by atoms with E-state index in [0.717, 1.165) is 52.0 Å². The van der Waals surface area contributed by atoms with E-state index >= 15 is 0 Å². The first-order chi connectivity index (χ1) is 20.4. The third kappa shape index (κ3) is 8.08. The van der Waals surface area contributed by atoms with Crippen molar-refractivity contribution in [1.82, 2.24) is 14.6 Å². The van der Waals surface area contributed by atoms with E-state index in [1.807, 2.05) is 0 Å². The number of carbonyl (C=O) groups excluding carboxylic acids is 1. The van der Waals surface area contributed by atoms with Crippen molar-refractivity contribution in [2.24, 2.45) is 0 Å². The van der Waals surface area contributed by atoms with Crippen LogP contribution in [0.4, 0.5) is 31.5 Å². The van der Waals surface area contributed by atoms with E-state index in [4.69, 9.17) is 0 Å². The number of sulfonamides is 1. The van der Waals surface area contributed by atoms with Gasteiger partial charge < -0.3 is 24.8 Å². The number of alkyl halides is 6. The minimum Gasteiger partial charge on any atom is -0.477 e. The van der Waals surface area contributed by atoms with E-state index in [1.165, 1.54) is 24.0 Å². The highest BCUT2D eigenvalue weighted by Crippen LogP contribution is 2.31. The van der Waals surface area contributed by atoms with Gasteiger partial charge in [0.25, 0.3) is 0 Å². The van der Waals surface area contributed by atoms with Crippen LogP contribution in [0.1, 0.15) is 20.9 Å². The number of aromatic carboxylic acids is 1. The van der Waals surface area contributed by atoms with Crippen molar-refractivity contribution < 1.29 is 58.9 Å². The summed E-state index contributed by atoms with van der Waals surface area (Å²) in [4.78, 5) is 30.2. The lowest BCUT2D eigenvalue weighted by Gasteiger charge is -2.39. The number of anilines is 1. The Hall–Kier alpha value is -4.10. The fourth-order valence-corrected chi connectivity index (χ4v) is 6.73. The van der Waals surface area contributed by atoms with Gasteiger partial charge in [-0.1, -0.05) is 23.5 Å². The molecule has 19 heteroatoms. The highest BCUT2D eigenvalue weighted by molar-refractivity contribution is 7.89. The molecule has 1 atom stereocenters. The van der Waals surface area contributed by atoms with Crippen LogP contribution in [0.2, 0.25) is 0 Å². The Morgan fingerprint density at radius 1 is 0.977 bits per heavy atom. The molecule has 0 unspecified atom stereocenters. The lowest BCUT2D eigenvalue weighted by Crippen LogP contribution is -2.60. The second kappa shape index (κ2) is 12.5. The Labute approximate surface area is 249 Å². The molecule has 1 aliphatic heterocycles. The smallest absolute Gasteiger partial charge is 0.477 e. The van der Waals surface area contributed by atoms with Crippen molar-refractivity contribution in [2.45, 2.75) is 37.1 Å². The average molecular weight is 669 g/mol. The summed E-state index contributed by atoms with van der Waals surface area (Å²) in [6.45, 7) is 0.700. The predicted octanol–water partition coefficient (Wildman–Crippen LogP) is 4.14. The van der Waals surface area contributed by atoms with Crippen LogP contribution in [-0.2, 0) is 21.4 Å². The Bertz CT molecular complexity index is 1610. The number of hydrogen-bond donors (Lipinski definition) is 2. The van der Waals surface area contributed by atoms with Crippen LogP contribution in [0, 0.1) is 6.92 Å². The van der Waals surface area contributed by atoms with Gasteiger partial charge in [-0.15, -0.1) is 26.3 Å². The zero-order valence-corrected chi connectivity index (χ0v) is 24.0. The van der Waals surface area contributed by atoms with Gasteiger partial charge in [-0.3, -0.25) is 4.79 Å². The quantitative estimate of drug-likeness (QED) is 0.322. The zero-order valence-electron chi connectivity index (χ0n) is 22.3. The number of ether oxygens (including phenoxy) is 2. The fraction of sp³-hybridized carbons (Fsp3) is 0.320. The number of nitrogens with one attached hydrogen (secondary N) is 1.